The lowest BCUT2D eigenvalue weighted by molar-refractivity contribution is -0.104. The maximum absolute atomic E-state index is 10.3. The van der Waals surface area contributed by atoms with Crippen molar-refractivity contribution in [2.24, 2.45) is 0 Å². The third-order valence-corrected chi connectivity index (χ3v) is 3.82. The van der Waals surface area contributed by atoms with E-state index in [1.807, 2.05) is 25.2 Å². The van der Waals surface area contributed by atoms with Crippen molar-refractivity contribution in [1.82, 2.24) is 0 Å². The van der Waals surface area contributed by atoms with E-state index in [2.05, 4.69) is 83.2 Å². The molecule has 28 heavy (non-hydrogen) atoms. The first-order valence-corrected chi connectivity index (χ1v) is 9.81. The highest BCUT2D eigenvalue weighted by molar-refractivity contribution is 5.65. The van der Waals surface area contributed by atoms with Crippen LogP contribution in [0.3, 0.4) is 0 Å². The van der Waals surface area contributed by atoms with E-state index in [1.165, 1.54) is 28.4 Å². The van der Waals surface area contributed by atoms with Crippen molar-refractivity contribution in [1.29, 1.82) is 0 Å². The SMILES string of the molecule is CC(C)=CCC/C(C)=C/C=C/C(C)=C/C=C/C(C)=C\C=C\C=C(C)\C=C\C=O. The zero-order valence-electron chi connectivity index (χ0n) is 18.4. The molecular formula is C27H36O. The van der Waals surface area contributed by atoms with Gasteiger partial charge < -0.3 is 0 Å². The number of hydrogen-bond acceptors (Lipinski definition) is 1. The molecule has 0 aliphatic heterocycles. The summed E-state index contributed by atoms with van der Waals surface area (Å²) in [5, 5.41) is 0. The molecule has 150 valence electrons. The van der Waals surface area contributed by atoms with Crippen LogP contribution in [0.4, 0.5) is 0 Å². The van der Waals surface area contributed by atoms with Gasteiger partial charge in [0.05, 0.1) is 0 Å². The van der Waals surface area contributed by atoms with Crippen LogP contribution in [-0.4, -0.2) is 6.29 Å². The van der Waals surface area contributed by atoms with Crippen LogP contribution in [0.1, 0.15) is 54.4 Å². The summed E-state index contributed by atoms with van der Waals surface area (Å²) in [4.78, 5) is 10.3. The van der Waals surface area contributed by atoms with E-state index in [0.717, 1.165) is 24.7 Å². The van der Waals surface area contributed by atoms with Crippen LogP contribution in [0.5, 0.6) is 0 Å². The van der Waals surface area contributed by atoms with Crippen LogP contribution in [-0.2, 0) is 4.79 Å². The first kappa shape index (κ1) is 25.3. The standard InChI is InChI=1S/C27H36O/c1-23(2)13-9-16-26(5)18-11-20-27(6)19-10-17-24(3)14-7-8-15-25(4)21-12-22-28/h7-8,10-15,17-22H,9,16H2,1-6H3/b8-7+,17-10+,20-11+,21-12+,24-14-,25-15+,26-18+,27-19+. The molecule has 0 saturated carbocycles. The molecule has 0 amide bonds. The van der Waals surface area contributed by atoms with E-state index in [4.69, 9.17) is 0 Å². The van der Waals surface area contributed by atoms with Gasteiger partial charge >= 0.3 is 0 Å². The van der Waals surface area contributed by atoms with E-state index < -0.39 is 0 Å². The van der Waals surface area contributed by atoms with Gasteiger partial charge in [-0.15, -0.1) is 0 Å². The lowest BCUT2D eigenvalue weighted by Gasteiger charge is -1.96. The van der Waals surface area contributed by atoms with Crippen LogP contribution >= 0.6 is 0 Å². The summed E-state index contributed by atoms with van der Waals surface area (Å²) in [5.74, 6) is 0. The van der Waals surface area contributed by atoms with E-state index in [-0.39, 0.29) is 0 Å². The first-order valence-electron chi connectivity index (χ1n) is 9.81. The molecule has 0 N–H and O–H groups in total. The second-order valence-corrected chi connectivity index (χ2v) is 7.16. The second kappa shape index (κ2) is 16.5. The van der Waals surface area contributed by atoms with E-state index in [1.54, 1.807) is 6.08 Å². The molecule has 0 aliphatic carbocycles. The van der Waals surface area contributed by atoms with Gasteiger partial charge in [0.2, 0.25) is 0 Å². The number of allylic oxidation sites excluding steroid dienone is 18. The highest BCUT2D eigenvalue weighted by Crippen LogP contribution is 2.07. The molecule has 1 nitrogen and oxygen atoms in total. The smallest absolute Gasteiger partial charge is 0.142 e. The first-order chi connectivity index (χ1) is 13.3. The number of aldehydes is 1. The highest BCUT2D eigenvalue weighted by atomic mass is 16.1. The molecule has 0 unspecified atom stereocenters. The zero-order chi connectivity index (χ0) is 21.2. The molecule has 0 heterocycles. The molecule has 1 heteroatoms. The van der Waals surface area contributed by atoms with Crippen molar-refractivity contribution in [2.45, 2.75) is 54.4 Å². The molecule has 0 aliphatic rings. The Morgan fingerprint density at radius 3 is 1.57 bits per heavy atom. The Morgan fingerprint density at radius 2 is 1.07 bits per heavy atom. The van der Waals surface area contributed by atoms with Gasteiger partial charge in [0, 0.05) is 0 Å². The maximum Gasteiger partial charge on any atom is 0.142 e. The Hall–Kier alpha value is -2.67. The minimum Gasteiger partial charge on any atom is -0.299 e. The van der Waals surface area contributed by atoms with Gasteiger partial charge in [-0.25, -0.2) is 0 Å². The monoisotopic (exact) mass is 376 g/mol. The van der Waals surface area contributed by atoms with Crippen molar-refractivity contribution >= 4 is 6.29 Å². The van der Waals surface area contributed by atoms with Crippen LogP contribution < -0.4 is 0 Å². The summed E-state index contributed by atoms with van der Waals surface area (Å²) in [5.41, 5.74) is 6.21. The fourth-order valence-electron chi connectivity index (χ4n) is 2.16. The predicted molar refractivity (Wildman–Crippen MR) is 126 cm³/mol. The van der Waals surface area contributed by atoms with Crippen LogP contribution in [0, 0.1) is 0 Å². The van der Waals surface area contributed by atoms with Crippen molar-refractivity contribution in [2.75, 3.05) is 0 Å². The Labute approximate surface area is 172 Å². The lowest BCUT2D eigenvalue weighted by Crippen LogP contribution is -1.76. The zero-order valence-corrected chi connectivity index (χ0v) is 18.4. The topological polar surface area (TPSA) is 17.1 Å². The van der Waals surface area contributed by atoms with Crippen molar-refractivity contribution in [3.63, 3.8) is 0 Å². The molecule has 0 radical (unpaired) electrons. The largest absolute Gasteiger partial charge is 0.299 e. The lowest BCUT2D eigenvalue weighted by atomic mass is 10.1. The summed E-state index contributed by atoms with van der Waals surface area (Å²) in [7, 11) is 0. The summed E-state index contributed by atoms with van der Waals surface area (Å²) in [6.45, 7) is 12.6. The van der Waals surface area contributed by atoms with Gasteiger partial charge in [0.1, 0.15) is 6.29 Å². The van der Waals surface area contributed by atoms with Gasteiger partial charge in [0.15, 0.2) is 0 Å². The normalized spacial score (nSPS) is 14.8. The Bertz CT molecular complexity index is 737. The van der Waals surface area contributed by atoms with Crippen LogP contribution in [0.2, 0.25) is 0 Å². The molecule has 0 atom stereocenters. The van der Waals surface area contributed by atoms with Crippen LogP contribution in [0.25, 0.3) is 0 Å². The Kier molecular flexibility index (Phi) is 14.9. The number of carbonyl (C=O) groups excluding carboxylic acids is 1. The van der Waals surface area contributed by atoms with Gasteiger partial charge in [-0.2, -0.15) is 0 Å². The molecule has 0 rings (SSSR count). The Morgan fingerprint density at radius 1 is 0.607 bits per heavy atom. The molecule has 0 saturated heterocycles. The minimum absolute atomic E-state index is 0.782. The molecular weight excluding hydrogens is 340 g/mol. The van der Waals surface area contributed by atoms with E-state index >= 15 is 0 Å². The molecule has 0 fully saturated rings. The number of rotatable bonds is 11. The minimum atomic E-state index is 0.782. The summed E-state index contributed by atoms with van der Waals surface area (Å²) < 4.78 is 0. The van der Waals surface area contributed by atoms with Gasteiger partial charge in [0.25, 0.3) is 0 Å². The average molecular weight is 377 g/mol. The van der Waals surface area contributed by atoms with E-state index in [0.29, 0.717) is 0 Å². The van der Waals surface area contributed by atoms with Crippen LogP contribution in [0.15, 0.2) is 107 Å². The summed E-state index contributed by atoms with van der Waals surface area (Å²) >= 11 is 0. The fourth-order valence-corrected chi connectivity index (χ4v) is 2.16. The van der Waals surface area contributed by atoms with Gasteiger partial charge in [-0.1, -0.05) is 101 Å². The average Bonchev–Trinajstić information content (AvgIpc) is 2.63. The van der Waals surface area contributed by atoms with Gasteiger partial charge in [-0.3, -0.25) is 4.79 Å². The summed E-state index contributed by atoms with van der Waals surface area (Å²) in [6, 6.07) is 0. The quantitative estimate of drug-likeness (QED) is 0.155. The van der Waals surface area contributed by atoms with Crippen molar-refractivity contribution < 1.29 is 4.79 Å². The van der Waals surface area contributed by atoms with Crippen molar-refractivity contribution in [3.8, 4) is 0 Å². The Balaban J connectivity index is 4.56. The molecule has 0 aromatic heterocycles. The molecule has 0 aromatic rings. The number of hydrogen-bond donors (Lipinski definition) is 0. The fraction of sp³-hybridized carbons (Fsp3) is 0.296. The highest BCUT2D eigenvalue weighted by Gasteiger charge is 1.87. The molecule has 0 aromatic carbocycles. The third-order valence-electron chi connectivity index (χ3n) is 3.82. The van der Waals surface area contributed by atoms with E-state index in [9.17, 15) is 4.79 Å². The second-order valence-electron chi connectivity index (χ2n) is 7.16. The summed E-state index contributed by atoms with van der Waals surface area (Å²) in [6.07, 6.45) is 29.3. The molecule has 0 spiro atoms. The van der Waals surface area contributed by atoms with Crippen molar-refractivity contribution in [3.05, 3.63) is 107 Å². The maximum atomic E-state index is 10.3. The predicted octanol–water partition coefficient (Wildman–Crippen LogP) is 7.94. The number of carbonyl (C=O) groups is 1. The molecule has 0 bridgehead atoms. The third kappa shape index (κ3) is 16.8. The van der Waals surface area contributed by atoms with Gasteiger partial charge in [-0.05, 0) is 60.5 Å².